The average molecular weight is 224 g/mol. The number of aryl methyl sites for hydroxylation is 1. The molecule has 0 saturated carbocycles. The molecule has 16 heavy (non-hydrogen) atoms. The second-order valence-electron chi connectivity index (χ2n) is 3.36. The highest BCUT2D eigenvalue weighted by Gasteiger charge is 2.11. The van der Waals surface area contributed by atoms with Crippen LogP contribution in [0.5, 0.6) is 11.5 Å². The molecule has 4 nitrogen and oxygen atoms in total. The standard InChI is InChI=1S/C12H16O4/c1-15-11-7-9(8-14)6-10(4-3-5-13)12(11)16-2/h6-8,13H,3-5H2,1-2H3. The van der Waals surface area contributed by atoms with Crippen molar-refractivity contribution in [3.8, 4) is 11.5 Å². The summed E-state index contributed by atoms with van der Waals surface area (Å²) >= 11 is 0. The lowest BCUT2D eigenvalue weighted by atomic mass is 10.0. The van der Waals surface area contributed by atoms with Crippen LogP contribution in [0.4, 0.5) is 0 Å². The zero-order chi connectivity index (χ0) is 12.0. The van der Waals surface area contributed by atoms with E-state index in [2.05, 4.69) is 0 Å². The molecule has 88 valence electrons. The lowest BCUT2D eigenvalue weighted by Crippen LogP contribution is -1.99. The van der Waals surface area contributed by atoms with Crippen LogP contribution in [-0.2, 0) is 6.42 Å². The first kappa shape index (κ1) is 12.5. The summed E-state index contributed by atoms with van der Waals surface area (Å²) in [6.07, 6.45) is 2.05. The lowest BCUT2D eigenvalue weighted by molar-refractivity contribution is 0.112. The average Bonchev–Trinajstić information content (AvgIpc) is 2.34. The third kappa shape index (κ3) is 2.73. The van der Waals surface area contributed by atoms with Crippen molar-refractivity contribution in [2.45, 2.75) is 12.8 Å². The molecule has 1 aromatic rings. The van der Waals surface area contributed by atoms with Gasteiger partial charge in [0.05, 0.1) is 14.2 Å². The minimum Gasteiger partial charge on any atom is -0.493 e. The number of aliphatic hydroxyl groups is 1. The van der Waals surface area contributed by atoms with Crippen LogP contribution in [0.25, 0.3) is 0 Å². The van der Waals surface area contributed by atoms with E-state index in [1.807, 2.05) is 0 Å². The summed E-state index contributed by atoms with van der Waals surface area (Å²) in [4.78, 5) is 10.8. The van der Waals surface area contributed by atoms with Gasteiger partial charge in [-0.1, -0.05) is 0 Å². The van der Waals surface area contributed by atoms with Gasteiger partial charge in [-0.25, -0.2) is 0 Å². The minimum atomic E-state index is 0.108. The summed E-state index contributed by atoms with van der Waals surface area (Å²) in [5, 5.41) is 8.80. The second kappa shape index (κ2) is 6.12. The number of hydrogen-bond acceptors (Lipinski definition) is 4. The molecular formula is C12H16O4. The van der Waals surface area contributed by atoms with E-state index in [0.717, 1.165) is 11.8 Å². The Morgan fingerprint density at radius 3 is 2.56 bits per heavy atom. The minimum absolute atomic E-state index is 0.108. The van der Waals surface area contributed by atoms with Crippen LogP contribution in [0, 0.1) is 0 Å². The Morgan fingerprint density at radius 2 is 2.06 bits per heavy atom. The summed E-state index contributed by atoms with van der Waals surface area (Å²) < 4.78 is 10.4. The van der Waals surface area contributed by atoms with E-state index in [0.29, 0.717) is 29.9 Å². The highest BCUT2D eigenvalue weighted by atomic mass is 16.5. The molecule has 0 aliphatic carbocycles. The number of methoxy groups -OCH3 is 2. The van der Waals surface area contributed by atoms with Gasteiger partial charge in [0.25, 0.3) is 0 Å². The number of benzene rings is 1. The van der Waals surface area contributed by atoms with Crippen molar-refractivity contribution in [2.75, 3.05) is 20.8 Å². The largest absolute Gasteiger partial charge is 0.493 e. The summed E-state index contributed by atoms with van der Waals surface area (Å²) in [5.41, 5.74) is 1.42. The third-order valence-electron chi connectivity index (χ3n) is 2.32. The van der Waals surface area contributed by atoms with Crippen molar-refractivity contribution in [2.24, 2.45) is 0 Å². The number of carbonyl (C=O) groups is 1. The molecule has 0 spiro atoms. The molecule has 0 amide bonds. The predicted octanol–water partition coefficient (Wildman–Crippen LogP) is 1.44. The molecule has 0 aliphatic rings. The van der Waals surface area contributed by atoms with Crippen molar-refractivity contribution < 1.29 is 19.4 Å². The van der Waals surface area contributed by atoms with E-state index < -0.39 is 0 Å². The molecule has 0 heterocycles. The predicted molar refractivity (Wildman–Crippen MR) is 60.3 cm³/mol. The van der Waals surface area contributed by atoms with Crippen LogP contribution < -0.4 is 9.47 Å². The Labute approximate surface area is 94.8 Å². The number of hydrogen-bond donors (Lipinski definition) is 1. The van der Waals surface area contributed by atoms with Gasteiger partial charge in [-0.05, 0) is 30.5 Å². The van der Waals surface area contributed by atoms with Crippen molar-refractivity contribution >= 4 is 6.29 Å². The van der Waals surface area contributed by atoms with Crippen molar-refractivity contribution in [1.29, 1.82) is 0 Å². The van der Waals surface area contributed by atoms with Crippen LogP contribution in [0.3, 0.4) is 0 Å². The zero-order valence-corrected chi connectivity index (χ0v) is 9.53. The molecular weight excluding hydrogens is 208 g/mol. The zero-order valence-electron chi connectivity index (χ0n) is 9.53. The Hall–Kier alpha value is -1.55. The summed E-state index contributed by atoms with van der Waals surface area (Å²) in [7, 11) is 3.09. The SMILES string of the molecule is COc1cc(C=O)cc(CCCO)c1OC. The van der Waals surface area contributed by atoms with Crippen molar-refractivity contribution in [3.05, 3.63) is 23.3 Å². The Morgan fingerprint density at radius 1 is 1.31 bits per heavy atom. The molecule has 1 rings (SSSR count). The van der Waals surface area contributed by atoms with E-state index in [9.17, 15) is 4.79 Å². The van der Waals surface area contributed by atoms with Gasteiger partial charge in [-0.3, -0.25) is 4.79 Å². The Balaban J connectivity index is 3.14. The van der Waals surface area contributed by atoms with E-state index in [4.69, 9.17) is 14.6 Å². The molecule has 0 atom stereocenters. The smallest absolute Gasteiger partial charge is 0.163 e. The van der Waals surface area contributed by atoms with Gasteiger partial charge >= 0.3 is 0 Å². The molecule has 1 aromatic carbocycles. The highest BCUT2D eigenvalue weighted by molar-refractivity contribution is 5.77. The first-order valence-corrected chi connectivity index (χ1v) is 5.07. The first-order chi connectivity index (χ1) is 7.76. The number of rotatable bonds is 6. The monoisotopic (exact) mass is 224 g/mol. The molecule has 0 aliphatic heterocycles. The molecule has 0 fully saturated rings. The second-order valence-corrected chi connectivity index (χ2v) is 3.36. The van der Waals surface area contributed by atoms with Crippen molar-refractivity contribution in [1.82, 2.24) is 0 Å². The molecule has 1 N–H and O–H groups in total. The van der Waals surface area contributed by atoms with Crippen LogP contribution >= 0.6 is 0 Å². The molecule has 0 saturated heterocycles. The topological polar surface area (TPSA) is 55.8 Å². The Bertz CT molecular complexity index is 360. The highest BCUT2D eigenvalue weighted by Crippen LogP contribution is 2.32. The summed E-state index contributed by atoms with van der Waals surface area (Å²) in [6, 6.07) is 3.39. The molecule has 0 aromatic heterocycles. The summed E-state index contributed by atoms with van der Waals surface area (Å²) in [5.74, 6) is 1.17. The van der Waals surface area contributed by atoms with Gasteiger partial charge in [0, 0.05) is 12.2 Å². The fourth-order valence-electron chi connectivity index (χ4n) is 1.59. The fourth-order valence-corrected chi connectivity index (χ4v) is 1.59. The van der Waals surface area contributed by atoms with Crippen molar-refractivity contribution in [3.63, 3.8) is 0 Å². The van der Waals surface area contributed by atoms with Gasteiger partial charge in [0.2, 0.25) is 0 Å². The van der Waals surface area contributed by atoms with Crippen LogP contribution in [0.2, 0.25) is 0 Å². The van der Waals surface area contributed by atoms with E-state index >= 15 is 0 Å². The first-order valence-electron chi connectivity index (χ1n) is 5.07. The Kier molecular flexibility index (Phi) is 4.79. The number of carbonyl (C=O) groups excluding carboxylic acids is 1. The van der Waals surface area contributed by atoms with Gasteiger partial charge in [-0.15, -0.1) is 0 Å². The quantitative estimate of drug-likeness (QED) is 0.743. The van der Waals surface area contributed by atoms with E-state index in [1.54, 1.807) is 19.2 Å². The van der Waals surface area contributed by atoms with Crippen LogP contribution in [0.1, 0.15) is 22.3 Å². The van der Waals surface area contributed by atoms with Crippen LogP contribution in [-0.4, -0.2) is 32.2 Å². The summed E-state index contributed by atoms with van der Waals surface area (Å²) in [6.45, 7) is 0.108. The van der Waals surface area contributed by atoms with Gasteiger partial charge < -0.3 is 14.6 Å². The fraction of sp³-hybridized carbons (Fsp3) is 0.417. The normalized spacial score (nSPS) is 9.94. The maximum absolute atomic E-state index is 10.8. The molecule has 0 radical (unpaired) electrons. The van der Waals surface area contributed by atoms with Gasteiger partial charge in [0.1, 0.15) is 6.29 Å². The molecule has 4 heteroatoms. The van der Waals surface area contributed by atoms with Crippen LogP contribution in [0.15, 0.2) is 12.1 Å². The third-order valence-corrected chi connectivity index (χ3v) is 2.32. The number of aldehydes is 1. The number of aliphatic hydroxyl groups excluding tert-OH is 1. The molecule has 0 unspecified atom stereocenters. The maximum Gasteiger partial charge on any atom is 0.163 e. The molecule has 0 bridgehead atoms. The van der Waals surface area contributed by atoms with E-state index in [-0.39, 0.29) is 6.61 Å². The van der Waals surface area contributed by atoms with E-state index in [1.165, 1.54) is 7.11 Å². The maximum atomic E-state index is 10.8. The number of ether oxygens (including phenoxy) is 2. The van der Waals surface area contributed by atoms with Gasteiger partial charge in [-0.2, -0.15) is 0 Å². The van der Waals surface area contributed by atoms with Gasteiger partial charge in [0.15, 0.2) is 11.5 Å². The lowest BCUT2D eigenvalue weighted by Gasteiger charge is -2.13.